The number of rotatable bonds is 14. The minimum Gasteiger partial charge on any atom is -0.477 e. The van der Waals surface area contributed by atoms with Crippen molar-refractivity contribution in [3.63, 3.8) is 0 Å². The van der Waals surface area contributed by atoms with Crippen molar-refractivity contribution in [1.29, 1.82) is 5.26 Å². The number of nitrogens with zero attached hydrogens (tertiary/aromatic N) is 4. The number of nitrogens with one attached hydrogen (secondary N) is 1. The number of esters is 1. The van der Waals surface area contributed by atoms with Crippen molar-refractivity contribution in [3.8, 4) is 11.9 Å². The van der Waals surface area contributed by atoms with E-state index >= 15 is 0 Å². The average Bonchev–Trinajstić information content (AvgIpc) is 3.36. The van der Waals surface area contributed by atoms with Crippen LogP contribution in [0.4, 0.5) is 19.0 Å². The highest BCUT2D eigenvalue weighted by Gasteiger charge is 2.48. The molecule has 45 heavy (non-hydrogen) atoms. The summed E-state index contributed by atoms with van der Waals surface area (Å²) in [5.74, 6) is 0.319. The first-order valence-corrected chi connectivity index (χ1v) is 15.1. The van der Waals surface area contributed by atoms with Crippen molar-refractivity contribution in [2.75, 3.05) is 38.8 Å². The van der Waals surface area contributed by atoms with Crippen LogP contribution in [-0.4, -0.2) is 60.4 Å². The van der Waals surface area contributed by atoms with Gasteiger partial charge in [0.1, 0.15) is 5.82 Å². The third-order valence-electron chi connectivity index (χ3n) is 8.06. The predicted octanol–water partition coefficient (Wildman–Crippen LogP) is 5.80. The minimum atomic E-state index is -4.55. The highest BCUT2D eigenvalue weighted by molar-refractivity contribution is 5.70. The molecule has 1 aromatic carbocycles. The zero-order valence-electron chi connectivity index (χ0n) is 26.2. The number of halogens is 3. The SMILES string of the molecule is COCCCOC(=O)CC(Cc1cc(OCCc2ccc3c(n2)NCCC3)n(C)n1)c1cc(C#N)cc(C(C)(C)C(F)(F)F)c1. The summed E-state index contributed by atoms with van der Waals surface area (Å²) in [7, 11) is 3.28. The normalized spacial score (nSPS) is 13.8. The lowest BCUT2D eigenvalue weighted by atomic mass is 9.80. The van der Waals surface area contributed by atoms with Crippen LogP contribution in [0.25, 0.3) is 0 Å². The number of hydrogen-bond acceptors (Lipinski definition) is 8. The molecule has 1 aliphatic rings. The van der Waals surface area contributed by atoms with Crippen LogP contribution in [0.5, 0.6) is 5.88 Å². The molecule has 0 radical (unpaired) electrons. The van der Waals surface area contributed by atoms with E-state index < -0.39 is 23.5 Å². The zero-order chi connectivity index (χ0) is 32.6. The Morgan fingerprint density at radius 2 is 1.93 bits per heavy atom. The summed E-state index contributed by atoms with van der Waals surface area (Å²) in [5, 5.41) is 17.6. The lowest BCUT2D eigenvalue weighted by Gasteiger charge is -2.29. The van der Waals surface area contributed by atoms with Gasteiger partial charge in [0.05, 0.1) is 42.4 Å². The van der Waals surface area contributed by atoms with E-state index in [2.05, 4.69) is 16.5 Å². The summed E-state index contributed by atoms with van der Waals surface area (Å²) in [6, 6.07) is 12.0. The van der Waals surface area contributed by atoms with Crippen LogP contribution >= 0.6 is 0 Å². The summed E-state index contributed by atoms with van der Waals surface area (Å²) >= 11 is 0. The smallest absolute Gasteiger partial charge is 0.397 e. The van der Waals surface area contributed by atoms with Crippen LogP contribution in [0.15, 0.2) is 36.4 Å². The highest BCUT2D eigenvalue weighted by atomic mass is 19.4. The van der Waals surface area contributed by atoms with Gasteiger partial charge in [-0.2, -0.15) is 23.5 Å². The molecule has 9 nitrogen and oxygen atoms in total. The van der Waals surface area contributed by atoms with Crippen LogP contribution in [0, 0.1) is 11.3 Å². The van der Waals surface area contributed by atoms with Gasteiger partial charge in [-0.15, -0.1) is 0 Å². The maximum absolute atomic E-state index is 14.0. The van der Waals surface area contributed by atoms with Gasteiger partial charge < -0.3 is 19.5 Å². The summed E-state index contributed by atoms with van der Waals surface area (Å²) in [5.41, 5.74) is 0.937. The van der Waals surface area contributed by atoms with Crippen LogP contribution in [0.1, 0.15) is 72.7 Å². The van der Waals surface area contributed by atoms with E-state index in [0.29, 0.717) is 43.2 Å². The van der Waals surface area contributed by atoms with Gasteiger partial charge in [-0.1, -0.05) is 12.1 Å². The molecular weight excluding hydrogens is 587 g/mol. The number of alkyl halides is 3. The molecule has 3 heterocycles. The molecule has 0 saturated carbocycles. The fraction of sp³-hybridized carbons (Fsp3) is 0.515. The molecule has 1 atom stereocenters. The number of carbonyl (C=O) groups excluding carboxylic acids is 1. The molecule has 0 amide bonds. The quantitative estimate of drug-likeness (QED) is 0.176. The van der Waals surface area contributed by atoms with Crippen LogP contribution in [0.3, 0.4) is 0 Å². The summed E-state index contributed by atoms with van der Waals surface area (Å²) < 4.78 is 59.9. The Hall–Kier alpha value is -4.11. The molecule has 242 valence electrons. The second-order valence-corrected chi connectivity index (χ2v) is 11.8. The van der Waals surface area contributed by atoms with E-state index in [4.69, 9.17) is 19.2 Å². The second-order valence-electron chi connectivity index (χ2n) is 11.8. The summed E-state index contributed by atoms with van der Waals surface area (Å²) in [4.78, 5) is 17.5. The van der Waals surface area contributed by atoms with Crippen LogP contribution in [-0.2, 0) is 46.0 Å². The number of carbonyl (C=O) groups is 1. The lowest BCUT2D eigenvalue weighted by Crippen LogP contribution is -2.36. The van der Waals surface area contributed by atoms with Crippen LogP contribution < -0.4 is 10.1 Å². The average molecular weight is 628 g/mol. The fourth-order valence-corrected chi connectivity index (χ4v) is 5.20. The number of ether oxygens (including phenoxy) is 3. The first-order chi connectivity index (χ1) is 21.4. The molecule has 0 saturated heterocycles. The number of nitriles is 1. The Labute approximate surface area is 261 Å². The molecule has 0 aliphatic carbocycles. The fourth-order valence-electron chi connectivity index (χ4n) is 5.20. The molecule has 4 rings (SSSR count). The molecule has 12 heteroatoms. The van der Waals surface area contributed by atoms with Gasteiger partial charge >= 0.3 is 12.1 Å². The molecule has 1 unspecified atom stereocenters. The Kier molecular flexibility index (Phi) is 11.1. The van der Waals surface area contributed by atoms with E-state index in [0.717, 1.165) is 44.7 Å². The van der Waals surface area contributed by atoms with E-state index in [1.54, 1.807) is 24.9 Å². The molecule has 0 bridgehead atoms. The van der Waals surface area contributed by atoms with E-state index in [9.17, 15) is 23.2 Å². The van der Waals surface area contributed by atoms with Gasteiger partial charge in [-0.05, 0) is 73.9 Å². The molecule has 1 N–H and O–H groups in total. The third kappa shape index (κ3) is 8.75. The van der Waals surface area contributed by atoms with E-state index in [1.165, 1.54) is 23.8 Å². The van der Waals surface area contributed by atoms with Crippen molar-refractivity contribution in [3.05, 3.63) is 70.0 Å². The number of hydrogen-bond donors (Lipinski definition) is 1. The van der Waals surface area contributed by atoms with Crippen molar-refractivity contribution < 1.29 is 32.2 Å². The Balaban J connectivity index is 1.53. The number of fused-ring (bicyclic) bond motifs is 1. The third-order valence-corrected chi connectivity index (χ3v) is 8.06. The van der Waals surface area contributed by atoms with Gasteiger partial charge in [-0.25, -0.2) is 9.67 Å². The number of aryl methyl sites for hydroxylation is 2. The molecule has 3 aromatic rings. The standard InChI is InChI=1S/C33H40F3N5O4/c1-32(2,33(34,35)36)26-16-22(21-37)15-24(17-26)25(19-30(42)45-13-6-12-43-4)18-28-20-29(41(3)40-28)44-14-10-27-9-8-23-7-5-11-38-31(23)39-27/h8-9,15-17,20,25H,5-7,10-14,18-19H2,1-4H3,(H,38,39). The minimum absolute atomic E-state index is 0.0569. The summed E-state index contributed by atoms with van der Waals surface area (Å²) in [6.07, 6.45) is -1.25. The Morgan fingerprint density at radius 1 is 1.13 bits per heavy atom. The number of anilines is 1. The monoisotopic (exact) mass is 627 g/mol. The number of benzene rings is 1. The molecule has 0 fully saturated rings. The maximum atomic E-state index is 14.0. The first kappa shape index (κ1) is 33.8. The topological polar surface area (TPSA) is 111 Å². The Bertz CT molecular complexity index is 1510. The summed E-state index contributed by atoms with van der Waals surface area (Å²) in [6.45, 7) is 4.00. The number of pyridine rings is 1. The molecule has 1 aliphatic heterocycles. The van der Waals surface area contributed by atoms with Crippen LogP contribution in [0.2, 0.25) is 0 Å². The second kappa shape index (κ2) is 14.8. The number of methoxy groups -OCH3 is 1. The zero-order valence-corrected chi connectivity index (χ0v) is 26.2. The van der Waals surface area contributed by atoms with Crippen molar-refractivity contribution in [2.24, 2.45) is 7.05 Å². The number of aromatic nitrogens is 3. The van der Waals surface area contributed by atoms with Gasteiger partial charge in [0.15, 0.2) is 0 Å². The molecular formula is C33H40F3N5O4. The first-order valence-electron chi connectivity index (χ1n) is 15.1. The van der Waals surface area contributed by atoms with Gasteiger partial charge in [0, 0.05) is 51.9 Å². The van der Waals surface area contributed by atoms with E-state index in [1.807, 2.05) is 12.1 Å². The van der Waals surface area contributed by atoms with Crippen molar-refractivity contribution in [2.45, 2.75) is 69.9 Å². The molecule has 0 spiro atoms. The van der Waals surface area contributed by atoms with E-state index in [-0.39, 0.29) is 30.6 Å². The van der Waals surface area contributed by atoms with Crippen molar-refractivity contribution in [1.82, 2.24) is 14.8 Å². The lowest BCUT2D eigenvalue weighted by molar-refractivity contribution is -0.180. The predicted molar refractivity (Wildman–Crippen MR) is 162 cm³/mol. The van der Waals surface area contributed by atoms with Crippen molar-refractivity contribution >= 4 is 11.8 Å². The van der Waals surface area contributed by atoms with Gasteiger partial charge in [0.25, 0.3) is 0 Å². The highest BCUT2D eigenvalue weighted by Crippen LogP contribution is 2.42. The maximum Gasteiger partial charge on any atom is 0.397 e. The Morgan fingerprint density at radius 3 is 2.67 bits per heavy atom. The molecule has 2 aromatic heterocycles. The van der Waals surface area contributed by atoms with Gasteiger partial charge in [0.2, 0.25) is 5.88 Å². The largest absolute Gasteiger partial charge is 0.477 e. The van der Waals surface area contributed by atoms with Gasteiger partial charge in [-0.3, -0.25) is 4.79 Å².